The minimum absolute atomic E-state index is 0.797. The Morgan fingerprint density at radius 3 is 3.00 bits per heavy atom. The Hall–Kier alpha value is -0.250. The molecule has 0 spiro atoms. The summed E-state index contributed by atoms with van der Waals surface area (Å²) in [6, 6.07) is 5.94. The van der Waals surface area contributed by atoms with Crippen LogP contribution >= 0.6 is 27.5 Å². The van der Waals surface area contributed by atoms with Gasteiger partial charge in [0, 0.05) is 29.1 Å². The van der Waals surface area contributed by atoms with Gasteiger partial charge in [-0.05, 0) is 47.1 Å². The average Bonchev–Trinajstić information content (AvgIpc) is 2.50. The molecule has 15 heavy (non-hydrogen) atoms. The first-order chi connectivity index (χ1) is 7.27. The summed E-state index contributed by atoms with van der Waals surface area (Å²) in [4.78, 5) is 2.37. The van der Waals surface area contributed by atoms with Crippen LogP contribution in [-0.2, 0) is 0 Å². The van der Waals surface area contributed by atoms with Gasteiger partial charge in [0.1, 0.15) is 0 Å². The van der Waals surface area contributed by atoms with Crippen molar-refractivity contribution in [3.8, 4) is 0 Å². The summed E-state index contributed by atoms with van der Waals surface area (Å²) in [7, 11) is 0. The maximum Gasteiger partial charge on any atom is 0.0526 e. The van der Waals surface area contributed by atoms with E-state index in [4.69, 9.17) is 11.6 Å². The van der Waals surface area contributed by atoms with Crippen molar-refractivity contribution in [3.05, 3.63) is 27.7 Å². The molecule has 1 aliphatic heterocycles. The molecule has 0 aliphatic carbocycles. The molecule has 0 bridgehead atoms. The second-order valence-electron chi connectivity index (χ2n) is 3.69. The molecule has 1 fully saturated rings. The molecule has 0 amide bonds. The number of halogens is 2. The molecule has 2 nitrogen and oxygen atoms in total. The molecule has 1 N–H and O–H groups in total. The summed E-state index contributed by atoms with van der Waals surface area (Å²) in [6.07, 6.45) is 1.18. The average molecular weight is 290 g/mol. The van der Waals surface area contributed by atoms with Crippen molar-refractivity contribution in [2.75, 3.05) is 31.1 Å². The van der Waals surface area contributed by atoms with Gasteiger partial charge in [-0.15, -0.1) is 0 Å². The zero-order chi connectivity index (χ0) is 10.7. The highest BCUT2D eigenvalue weighted by Crippen LogP contribution is 2.29. The van der Waals surface area contributed by atoms with Gasteiger partial charge in [0.25, 0.3) is 0 Å². The molecule has 1 aromatic carbocycles. The molecule has 0 unspecified atom stereocenters. The van der Waals surface area contributed by atoms with E-state index in [-0.39, 0.29) is 0 Å². The fourth-order valence-electron chi connectivity index (χ4n) is 1.81. The van der Waals surface area contributed by atoms with Gasteiger partial charge in [-0.1, -0.05) is 11.6 Å². The number of nitrogens with one attached hydrogen (secondary N) is 1. The van der Waals surface area contributed by atoms with E-state index in [2.05, 4.69) is 26.1 Å². The predicted octanol–water partition coefficient (Wildman–Crippen LogP) is 2.90. The largest absolute Gasteiger partial charge is 0.369 e. The van der Waals surface area contributed by atoms with Crippen molar-refractivity contribution in [3.63, 3.8) is 0 Å². The summed E-state index contributed by atoms with van der Waals surface area (Å²) in [5.74, 6) is 0. The zero-order valence-corrected chi connectivity index (χ0v) is 10.8. The second-order valence-corrected chi connectivity index (χ2v) is 4.98. The minimum Gasteiger partial charge on any atom is -0.369 e. The van der Waals surface area contributed by atoms with Crippen LogP contribution in [0.3, 0.4) is 0 Å². The maximum absolute atomic E-state index is 6.01. The quantitative estimate of drug-likeness (QED) is 0.855. The van der Waals surface area contributed by atoms with Gasteiger partial charge < -0.3 is 10.2 Å². The number of benzene rings is 1. The molecule has 1 heterocycles. The van der Waals surface area contributed by atoms with Crippen LogP contribution in [0.4, 0.5) is 5.69 Å². The van der Waals surface area contributed by atoms with Crippen LogP contribution in [0.25, 0.3) is 0 Å². The first kappa shape index (κ1) is 11.2. The van der Waals surface area contributed by atoms with Crippen LogP contribution in [0.5, 0.6) is 0 Å². The minimum atomic E-state index is 0.797. The van der Waals surface area contributed by atoms with E-state index >= 15 is 0 Å². The summed E-state index contributed by atoms with van der Waals surface area (Å²) in [5, 5.41) is 4.19. The molecular formula is C11H14BrClN2. The monoisotopic (exact) mass is 288 g/mol. The first-order valence-corrected chi connectivity index (χ1v) is 6.35. The molecular weight excluding hydrogens is 275 g/mol. The third-order valence-electron chi connectivity index (χ3n) is 2.59. The maximum atomic E-state index is 6.01. The number of hydrogen-bond donors (Lipinski definition) is 1. The van der Waals surface area contributed by atoms with Crippen molar-refractivity contribution in [2.24, 2.45) is 0 Å². The Bertz CT molecular complexity index is 335. The number of anilines is 1. The first-order valence-electron chi connectivity index (χ1n) is 5.18. The lowest BCUT2D eigenvalue weighted by Crippen LogP contribution is -2.28. The van der Waals surface area contributed by atoms with Gasteiger partial charge in [0.2, 0.25) is 0 Å². The SMILES string of the molecule is Clc1ccc(Br)c(N2CCCNCC2)c1. The van der Waals surface area contributed by atoms with Gasteiger partial charge in [0.15, 0.2) is 0 Å². The summed E-state index contributed by atoms with van der Waals surface area (Å²) in [6.45, 7) is 4.28. The van der Waals surface area contributed by atoms with Crippen LogP contribution in [-0.4, -0.2) is 26.2 Å². The predicted molar refractivity (Wildman–Crippen MR) is 68.9 cm³/mol. The van der Waals surface area contributed by atoms with Crippen LogP contribution in [0.2, 0.25) is 5.02 Å². The smallest absolute Gasteiger partial charge is 0.0526 e. The molecule has 82 valence electrons. The lowest BCUT2D eigenvalue weighted by atomic mass is 10.2. The summed E-state index contributed by atoms with van der Waals surface area (Å²) in [5.41, 5.74) is 1.20. The zero-order valence-electron chi connectivity index (χ0n) is 8.47. The van der Waals surface area contributed by atoms with E-state index in [1.165, 1.54) is 12.1 Å². The van der Waals surface area contributed by atoms with Crippen molar-refractivity contribution >= 4 is 33.2 Å². The van der Waals surface area contributed by atoms with Crippen molar-refractivity contribution in [1.29, 1.82) is 0 Å². The van der Waals surface area contributed by atoms with Gasteiger partial charge in [-0.3, -0.25) is 0 Å². The molecule has 2 rings (SSSR count). The van der Waals surface area contributed by atoms with E-state index in [9.17, 15) is 0 Å². The Kier molecular flexibility index (Phi) is 3.89. The third-order valence-corrected chi connectivity index (χ3v) is 3.49. The van der Waals surface area contributed by atoms with Gasteiger partial charge in [0.05, 0.1) is 5.69 Å². The van der Waals surface area contributed by atoms with Crippen LogP contribution in [0.1, 0.15) is 6.42 Å². The molecule has 1 saturated heterocycles. The Morgan fingerprint density at radius 1 is 1.27 bits per heavy atom. The van der Waals surface area contributed by atoms with Crippen LogP contribution in [0.15, 0.2) is 22.7 Å². The van der Waals surface area contributed by atoms with Crippen molar-refractivity contribution < 1.29 is 0 Å². The molecule has 0 saturated carbocycles. The molecule has 4 heteroatoms. The van der Waals surface area contributed by atoms with E-state index < -0.39 is 0 Å². The summed E-state index contributed by atoms with van der Waals surface area (Å²) >= 11 is 9.58. The summed E-state index contributed by atoms with van der Waals surface area (Å²) < 4.78 is 1.12. The second kappa shape index (κ2) is 5.19. The molecule has 1 aromatic rings. The van der Waals surface area contributed by atoms with Crippen molar-refractivity contribution in [1.82, 2.24) is 5.32 Å². The normalized spacial score (nSPS) is 17.6. The Balaban J connectivity index is 2.22. The molecule has 0 atom stereocenters. The lowest BCUT2D eigenvalue weighted by Gasteiger charge is -2.23. The molecule has 0 aromatic heterocycles. The number of hydrogen-bond acceptors (Lipinski definition) is 2. The van der Waals surface area contributed by atoms with Crippen LogP contribution < -0.4 is 10.2 Å². The Labute approximate surface area is 104 Å². The van der Waals surface area contributed by atoms with Gasteiger partial charge in [-0.2, -0.15) is 0 Å². The van der Waals surface area contributed by atoms with E-state index in [0.29, 0.717) is 0 Å². The van der Waals surface area contributed by atoms with E-state index in [1.54, 1.807) is 0 Å². The lowest BCUT2D eigenvalue weighted by molar-refractivity contribution is 0.724. The van der Waals surface area contributed by atoms with Gasteiger partial charge >= 0.3 is 0 Å². The van der Waals surface area contributed by atoms with E-state index in [0.717, 1.165) is 35.7 Å². The third kappa shape index (κ3) is 2.86. The highest BCUT2D eigenvalue weighted by molar-refractivity contribution is 9.10. The van der Waals surface area contributed by atoms with Crippen LogP contribution in [0, 0.1) is 0 Å². The number of rotatable bonds is 1. The standard InChI is InChI=1S/C11H14BrClN2/c12-10-3-2-9(13)8-11(10)15-6-1-4-14-5-7-15/h2-3,8,14H,1,4-7H2. The number of nitrogens with zero attached hydrogens (tertiary/aromatic N) is 1. The highest BCUT2D eigenvalue weighted by Gasteiger charge is 2.12. The fraction of sp³-hybridized carbons (Fsp3) is 0.455. The molecule has 1 aliphatic rings. The topological polar surface area (TPSA) is 15.3 Å². The molecule has 0 radical (unpaired) electrons. The van der Waals surface area contributed by atoms with E-state index in [1.807, 2.05) is 18.2 Å². The fourth-order valence-corrected chi connectivity index (χ4v) is 2.48. The van der Waals surface area contributed by atoms with Gasteiger partial charge in [-0.25, -0.2) is 0 Å². The Morgan fingerprint density at radius 2 is 2.13 bits per heavy atom. The van der Waals surface area contributed by atoms with Crippen molar-refractivity contribution in [2.45, 2.75) is 6.42 Å². The highest BCUT2D eigenvalue weighted by atomic mass is 79.9.